The van der Waals surface area contributed by atoms with Gasteiger partial charge in [0.25, 0.3) is 0 Å². The van der Waals surface area contributed by atoms with Gasteiger partial charge in [0.2, 0.25) is 0 Å². The minimum Gasteiger partial charge on any atom is -0.259 e. The molecular formula is C4H9FOS. The van der Waals surface area contributed by atoms with Gasteiger partial charge in [0.15, 0.2) is 0 Å². The van der Waals surface area contributed by atoms with Gasteiger partial charge in [-0.25, -0.2) is 4.39 Å². The highest BCUT2D eigenvalue weighted by Crippen LogP contribution is 1.90. The second kappa shape index (κ2) is 3.13. The van der Waals surface area contributed by atoms with Crippen molar-refractivity contribution < 1.29 is 8.60 Å². The van der Waals surface area contributed by atoms with E-state index in [-0.39, 0.29) is 5.25 Å². The number of hydrogen-bond donors (Lipinski definition) is 0. The van der Waals surface area contributed by atoms with Crippen LogP contribution in [0.3, 0.4) is 0 Å². The zero-order valence-electron chi connectivity index (χ0n) is 4.48. The molecule has 2 atom stereocenters. The molecule has 0 aliphatic carbocycles. The van der Waals surface area contributed by atoms with Crippen LogP contribution in [0.1, 0.15) is 6.92 Å². The van der Waals surface area contributed by atoms with Crippen molar-refractivity contribution in [1.82, 2.24) is 0 Å². The van der Waals surface area contributed by atoms with Gasteiger partial charge < -0.3 is 0 Å². The number of rotatable bonds is 2. The molecule has 0 aromatic carbocycles. The largest absolute Gasteiger partial charge is 0.259 e. The monoisotopic (exact) mass is 124 g/mol. The zero-order chi connectivity index (χ0) is 5.86. The molecule has 0 amide bonds. The topological polar surface area (TPSA) is 17.1 Å². The zero-order valence-corrected chi connectivity index (χ0v) is 5.30. The van der Waals surface area contributed by atoms with Gasteiger partial charge in [-0.15, -0.1) is 0 Å². The molecule has 2 unspecified atom stereocenters. The van der Waals surface area contributed by atoms with Crippen molar-refractivity contribution in [2.75, 3.05) is 12.9 Å². The summed E-state index contributed by atoms with van der Waals surface area (Å²) < 4.78 is 21.7. The third-order valence-corrected chi connectivity index (χ3v) is 2.04. The first kappa shape index (κ1) is 7.08. The normalized spacial score (nSPS) is 18.7. The molecule has 1 nitrogen and oxygen atoms in total. The Morgan fingerprint density at radius 1 is 1.86 bits per heavy atom. The third kappa shape index (κ3) is 2.74. The Balaban J connectivity index is 3.34. The van der Waals surface area contributed by atoms with Crippen molar-refractivity contribution in [1.29, 1.82) is 0 Å². The second-order valence-electron chi connectivity index (χ2n) is 1.46. The Morgan fingerprint density at radius 3 is 2.29 bits per heavy atom. The first-order chi connectivity index (χ1) is 3.18. The van der Waals surface area contributed by atoms with Gasteiger partial charge in [-0.1, -0.05) is 0 Å². The van der Waals surface area contributed by atoms with Crippen LogP contribution in [0, 0.1) is 0 Å². The molecule has 0 fully saturated rings. The van der Waals surface area contributed by atoms with Crippen LogP contribution in [0.15, 0.2) is 0 Å². The lowest BCUT2D eigenvalue weighted by Gasteiger charge is -1.97. The van der Waals surface area contributed by atoms with Crippen LogP contribution in [-0.4, -0.2) is 22.4 Å². The molecule has 3 heteroatoms. The summed E-state index contributed by atoms with van der Waals surface area (Å²) in [7, 11) is -0.985. The minimum absolute atomic E-state index is 0.292. The second-order valence-corrected chi connectivity index (χ2v) is 3.27. The minimum atomic E-state index is -0.985. The Morgan fingerprint density at radius 2 is 2.29 bits per heavy atom. The fourth-order valence-electron chi connectivity index (χ4n) is 0.0887. The van der Waals surface area contributed by atoms with Crippen molar-refractivity contribution in [3.05, 3.63) is 0 Å². The lowest BCUT2D eigenvalue weighted by molar-refractivity contribution is 0.489. The quantitative estimate of drug-likeness (QED) is 0.530. The van der Waals surface area contributed by atoms with Gasteiger partial charge >= 0.3 is 0 Å². The molecule has 0 aliphatic rings. The molecule has 0 rings (SSSR count). The lowest BCUT2D eigenvalue weighted by Crippen LogP contribution is -2.10. The van der Waals surface area contributed by atoms with E-state index in [1.165, 1.54) is 6.26 Å². The maximum absolute atomic E-state index is 11.4. The van der Waals surface area contributed by atoms with Gasteiger partial charge in [-0.05, 0) is 6.92 Å². The van der Waals surface area contributed by atoms with Gasteiger partial charge in [-0.2, -0.15) is 0 Å². The fourth-order valence-corrected chi connectivity index (χ4v) is 0.266. The first-order valence-electron chi connectivity index (χ1n) is 2.06. The Labute approximate surface area is 45.4 Å². The molecule has 44 valence electrons. The van der Waals surface area contributed by atoms with Crippen LogP contribution in [0.4, 0.5) is 4.39 Å². The maximum atomic E-state index is 11.4. The van der Waals surface area contributed by atoms with Crippen LogP contribution in [0.5, 0.6) is 0 Å². The summed E-state index contributed by atoms with van der Waals surface area (Å²) in [4.78, 5) is 0. The Kier molecular flexibility index (Phi) is 3.17. The van der Waals surface area contributed by atoms with Gasteiger partial charge in [0.05, 0.1) is 5.25 Å². The van der Waals surface area contributed by atoms with E-state index in [0.29, 0.717) is 0 Å². The van der Waals surface area contributed by atoms with Crippen LogP contribution >= 0.6 is 0 Å². The predicted molar refractivity (Wildman–Crippen MR) is 29.5 cm³/mol. The van der Waals surface area contributed by atoms with Gasteiger partial charge in [0.1, 0.15) is 6.67 Å². The molecule has 0 heterocycles. The molecule has 7 heavy (non-hydrogen) atoms. The molecule has 0 aromatic heterocycles. The van der Waals surface area contributed by atoms with Crippen LogP contribution in [-0.2, 0) is 10.8 Å². The van der Waals surface area contributed by atoms with Crippen molar-refractivity contribution in [3.63, 3.8) is 0 Å². The van der Waals surface area contributed by atoms with E-state index in [9.17, 15) is 8.60 Å². The van der Waals surface area contributed by atoms with E-state index >= 15 is 0 Å². The summed E-state index contributed by atoms with van der Waals surface area (Å²) >= 11 is 0. The summed E-state index contributed by atoms with van der Waals surface area (Å²) in [5.74, 6) is 0. The van der Waals surface area contributed by atoms with E-state index < -0.39 is 17.5 Å². The smallest absolute Gasteiger partial charge is 0.103 e. The number of alkyl halides is 1. The highest BCUT2D eigenvalue weighted by Gasteiger charge is 2.02. The predicted octanol–water partition coefficient (Wildman–Crippen LogP) is 0.723. The third-order valence-electron chi connectivity index (χ3n) is 0.784. The van der Waals surface area contributed by atoms with E-state index in [2.05, 4.69) is 0 Å². The van der Waals surface area contributed by atoms with Gasteiger partial charge in [-0.3, -0.25) is 4.21 Å². The summed E-state index contributed by atoms with van der Waals surface area (Å²) in [5.41, 5.74) is 0. The molecule has 0 spiro atoms. The van der Waals surface area contributed by atoms with E-state index in [0.717, 1.165) is 0 Å². The molecule has 0 N–H and O–H groups in total. The van der Waals surface area contributed by atoms with Crippen LogP contribution in [0.25, 0.3) is 0 Å². The van der Waals surface area contributed by atoms with Crippen LogP contribution < -0.4 is 0 Å². The molecule has 0 aliphatic heterocycles. The van der Waals surface area contributed by atoms with Crippen LogP contribution in [0.2, 0.25) is 0 Å². The standard InChI is InChI=1S/C4H9FOS/c1-4(3-5)7(2)6/h4H,3H2,1-2H3. The average molecular weight is 124 g/mol. The van der Waals surface area contributed by atoms with E-state index in [1.54, 1.807) is 6.92 Å². The molecule has 0 saturated heterocycles. The highest BCUT2D eigenvalue weighted by atomic mass is 32.2. The first-order valence-corrected chi connectivity index (χ1v) is 3.68. The summed E-state index contributed by atoms with van der Waals surface area (Å²) in [6.45, 7) is 1.14. The molecule has 0 bridgehead atoms. The Hall–Kier alpha value is 0.0800. The molecular weight excluding hydrogens is 115 g/mol. The van der Waals surface area contributed by atoms with E-state index in [1.807, 2.05) is 0 Å². The average Bonchev–Trinajstić information content (AvgIpc) is 1.65. The van der Waals surface area contributed by atoms with Crippen molar-refractivity contribution in [3.8, 4) is 0 Å². The van der Waals surface area contributed by atoms with Gasteiger partial charge in [0, 0.05) is 17.1 Å². The Bertz CT molecular complexity index is 74.1. The highest BCUT2D eigenvalue weighted by molar-refractivity contribution is 7.84. The molecule has 0 aromatic rings. The number of hydrogen-bond acceptors (Lipinski definition) is 1. The van der Waals surface area contributed by atoms with Crippen molar-refractivity contribution in [2.24, 2.45) is 0 Å². The summed E-state index contributed by atoms with van der Waals surface area (Å²) in [6, 6.07) is 0. The SMILES string of the molecule is CC(CF)S(C)=O. The summed E-state index contributed by atoms with van der Waals surface area (Å²) in [5, 5.41) is -0.292. The summed E-state index contributed by atoms with van der Waals surface area (Å²) in [6.07, 6.45) is 1.50. The maximum Gasteiger partial charge on any atom is 0.103 e. The molecule has 0 saturated carbocycles. The lowest BCUT2D eigenvalue weighted by atomic mass is 10.5. The van der Waals surface area contributed by atoms with Crippen molar-refractivity contribution in [2.45, 2.75) is 12.2 Å². The fraction of sp³-hybridized carbons (Fsp3) is 1.00. The van der Waals surface area contributed by atoms with Crippen molar-refractivity contribution >= 4 is 10.8 Å². The molecule has 0 radical (unpaired) electrons. The number of halogens is 1. The van der Waals surface area contributed by atoms with E-state index in [4.69, 9.17) is 0 Å².